The van der Waals surface area contributed by atoms with Gasteiger partial charge in [0.25, 0.3) is 0 Å². The molecule has 4 heteroatoms. The Kier molecular flexibility index (Phi) is 2.46. The van der Waals surface area contributed by atoms with E-state index in [9.17, 15) is 0 Å². The lowest BCUT2D eigenvalue weighted by molar-refractivity contribution is 0.294. The fraction of sp³-hybridized carbons (Fsp3) is 0.500. The highest BCUT2D eigenvalue weighted by atomic mass is 16.5. The summed E-state index contributed by atoms with van der Waals surface area (Å²) in [5.41, 5.74) is 5.61. The standard InChI is InChI=1S/C12H19N3O/c1-12(2,3)15-11-7-6-9(16-5)8-10(11)13-14(15)4/h6-8,13H,1-5H3. The van der Waals surface area contributed by atoms with E-state index >= 15 is 0 Å². The number of hydrogen-bond acceptors (Lipinski definition) is 4. The summed E-state index contributed by atoms with van der Waals surface area (Å²) in [4.78, 5) is 0. The van der Waals surface area contributed by atoms with Crippen molar-refractivity contribution >= 4 is 11.4 Å². The average Bonchev–Trinajstić information content (AvgIpc) is 2.51. The Bertz CT molecular complexity index is 398. The monoisotopic (exact) mass is 221 g/mol. The third-order valence-corrected chi connectivity index (χ3v) is 2.65. The van der Waals surface area contributed by atoms with E-state index in [2.05, 4.69) is 37.3 Å². The van der Waals surface area contributed by atoms with E-state index in [-0.39, 0.29) is 5.54 Å². The van der Waals surface area contributed by atoms with Crippen LogP contribution in [0.15, 0.2) is 18.2 Å². The Balaban J connectivity index is 2.43. The predicted octanol–water partition coefficient (Wildman–Crippen LogP) is 2.49. The molecule has 1 aromatic carbocycles. The van der Waals surface area contributed by atoms with Crippen LogP contribution < -0.4 is 15.2 Å². The molecule has 0 aromatic heterocycles. The Morgan fingerprint density at radius 3 is 2.50 bits per heavy atom. The number of ether oxygens (including phenoxy) is 1. The van der Waals surface area contributed by atoms with E-state index in [1.807, 2.05) is 24.3 Å². The Labute approximate surface area is 96.7 Å². The topological polar surface area (TPSA) is 27.7 Å². The van der Waals surface area contributed by atoms with E-state index in [1.54, 1.807) is 7.11 Å². The van der Waals surface area contributed by atoms with Gasteiger partial charge in [-0.2, -0.15) is 0 Å². The number of nitrogens with one attached hydrogen (secondary N) is 1. The Morgan fingerprint density at radius 1 is 1.25 bits per heavy atom. The molecule has 88 valence electrons. The number of hydrogen-bond donors (Lipinski definition) is 1. The fourth-order valence-electron chi connectivity index (χ4n) is 2.11. The van der Waals surface area contributed by atoms with Crippen LogP contribution in [0.5, 0.6) is 5.75 Å². The summed E-state index contributed by atoms with van der Waals surface area (Å²) in [6.07, 6.45) is 0. The summed E-state index contributed by atoms with van der Waals surface area (Å²) in [6, 6.07) is 6.08. The second kappa shape index (κ2) is 3.56. The molecule has 2 rings (SSSR count). The van der Waals surface area contributed by atoms with Crippen molar-refractivity contribution < 1.29 is 4.74 Å². The minimum atomic E-state index is 0.0432. The molecule has 0 aliphatic carbocycles. The van der Waals surface area contributed by atoms with Crippen LogP contribution in [0.25, 0.3) is 0 Å². The lowest BCUT2D eigenvalue weighted by Gasteiger charge is -2.37. The lowest BCUT2D eigenvalue weighted by Crippen LogP contribution is -2.50. The molecular weight excluding hydrogens is 202 g/mol. The van der Waals surface area contributed by atoms with Gasteiger partial charge in [-0.3, -0.25) is 10.4 Å². The van der Waals surface area contributed by atoms with Crippen LogP contribution in [-0.2, 0) is 0 Å². The quantitative estimate of drug-likeness (QED) is 0.788. The summed E-state index contributed by atoms with van der Waals surface area (Å²) in [5, 5.41) is 4.23. The van der Waals surface area contributed by atoms with Gasteiger partial charge in [-0.15, -0.1) is 5.12 Å². The van der Waals surface area contributed by atoms with Gasteiger partial charge in [0, 0.05) is 13.1 Å². The molecule has 1 aliphatic heterocycles. The molecule has 1 aromatic rings. The summed E-state index contributed by atoms with van der Waals surface area (Å²) >= 11 is 0. The van der Waals surface area contributed by atoms with Gasteiger partial charge < -0.3 is 4.74 Å². The molecule has 0 spiro atoms. The molecule has 0 atom stereocenters. The van der Waals surface area contributed by atoms with Crippen LogP contribution >= 0.6 is 0 Å². The van der Waals surface area contributed by atoms with Gasteiger partial charge in [0.15, 0.2) is 0 Å². The van der Waals surface area contributed by atoms with Gasteiger partial charge in [0.2, 0.25) is 0 Å². The molecule has 4 nitrogen and oxygen atoms in total. The molecule has 0 bridgehead atoms. The predicted molar refractivity (Wildman–Crippen MR) is 66.6 cm³/mol. The summed E-state index contributed by atoms with van der Waals surface area (Å²) in [5.74, 6) is 0.871. The van der Waals surface area contributed by atoms with Crippen LogP contribution in [0.3, 0.4) is 0 Å². The minimum Gasteiger partial charge on any atom is -0.497 e. The molecule has 0 radical (unpaired) electrons. The Morgan fingerprint density at radius 2 is 1.94 bits per heavy atom. The molecule has 1 aliphatic rings. The van der Waals surface area contributed by atoms with Crippen molar-refractivity contribution in [2.24, 2.45) is 0 Å². The number of hydrazine groups is 2. The average molecular weight is 221 g/mol. The molecule has 0 saturated heterocycles. The van der Waals surface area contributed by atoms with Crippen LogP contribution in [0.2, 0.25) is 0 Å². The minimum absolute atomic E-state index is 0.0432. The summed E-state index contributed by atoms with van der Waals surface area (Å²) in [6.45, 7) is 6.56. The first kappa shape index (κ1) is 11.1. The maximum atomic E-state index is 5.22. The van der Waals surface area contributed by atoms with Crippen molar-refractivity contribution in [2.45, 2.75) is 26.3 Å². The zero-order chi connectivity index (χ0) is 11.9. The van der Waals surface area contributed by atoms with Gasteiger partial charge in [0.1, 0.15) is 5.75 Å². The van der Waals surface area contributed by atoms with Crippen molar-refractivity contribution in [3.63, 3.8) is 0 Å². The third kappa shape index (κ3) is 1.69. The number of benzene rings is 1. The number of fused-ring (bicyclic) bond motifs is 1. The van der Waals surface area contributed by atoms with E-state index in [0.29, 0.717) is 0 Å². The van der Waals surface area contributed by atoms with Gasteiger partial charge in [-0.05, 0) is 32.9 Å². The molecule has 0 saturated carbocycles. The number of anilines is 2. The van der Waals surface area contributed by atoms with Crippen molar-refractivity contribution in [2.75, 3.05) is 24.6 Å². The van der Waals surface area contributed by atoms with E-state index in [1.165, 1.54) is 5.69 Å². The molecule has 0 fully saturated rings. The van der Waals surface area contributed by atoms with E-state index < -0.39 is 0 Å². The van der Waals surface area contributed by atoms with E-state index in [4.69, 9.17) is 4.74 Å². The first-order valence-corrected chi connectivity index (χ1v) is 5.42. The van der Waals surface area contributed by atoms with Gasteiger partial charge in [0.05, 0.1) is 24.0 Å². The lowest BCUT2D eigenvalue weighted by atomic mass is 10.1. The highest BCUT2D eigenvalue weighted by Crippen LogP contribution is 2.39. The van der Waals surface area contributed by atoms with Crippen LogP contribution in [0, 0.1) is 0 Å². The third-order valence-electron chi connectivity index (χ3n) is 2.65. The van der Waals surface area contributed by atoms with Crippen LogP contribution in [0.4, 0.5) is 11.4 Å². The first-order valence-electron chi connectivity index (χ1n) is 5.42. The Hall–Kier alpha value is -1.42. The highest BCUT2D eigenvalue weighted by Gasteiger charge is 2.32. The first-order chi connectivity index (χ1) is 7.43. The summed E-state index contributed by atoms with van der Waals surface area (Å²) in [7, 11) is 3.69. The second-order valence-electron chi connectivity index (χ2n) is 5.00. The summed E-state index contributed by atoms with van der Waals surface area (Å²) < 4.78 is 5.22. The second-order valence-corrected chi connectivity index (χ2v) is 5.00. The largest absolute Gasteiger partial charge is 0.497 e. The van der Waals surface area contributed by atoms with Crippen molar-refractivity contribution in [1.29, 1.82) is 0 Å². The molecule has 16 heavy (non-hydrogen) atoms. The molecule has 0 amide bonds. The molecule has 1 N–H and O–H groups in total. The molecular formula is C12H19N3O. The highest BCUT2D eigenvalue weighted by molar-refractivity contribution is 5.75. The normalized spacial score (nSPS) is 15.9. The zero-order valence-electron chi connectivity index (χ0n) is 10.5. The van der Waals surface area contributed by atoms with Crippen molar-refractivity contribution in [3.8, 4) is 5.75 Å². The maximum Gasteiger partial charge on any atom is 0.121 e. The SMILES string of the molecule is COc1ccc2c(c1)NN(C)N2C(C)(C)C. The number of nitrogens with zero attached hydrogens (tertiary/aromatic N) is 2. The number of methoxy groups -OCH3 is 1. The van der Waals surface area contributed by atoms with Gasteiger partial charge >= 0.3 is 0 Å². The van der Waals surface area contributed by atoms with Crippen molar-refractivity contribution in [1.82, 2.24) is 5.12 Å². The molecule has 0 unspecified atom stereocenters. The van der Waals surface area contributed by atoms with Crippen LogP contribution in [0.1, 0.15) is 20.8 Å². The smallest absolute Gasteiger partial charge is 0.121 e. The fourth-order valence-corrected chi connectivity index (χ4v) is 2.11. The molecule has 1 heterocycles. The van der Waals surface area contributed by atoms with E-state index in [0.717, 1.165) is 11.4 Å². The van der Waals surface area contributed by atoms with Crippen LogP contribution in [-0.4, -0.2) is 24.8 Å². The zero-order valence-corrected chi connectivity index (χ0v) is 10.5. The van der Waals surface area contributed by atoms with Gasteiger partial charge in [-0.1, -0.05) is 0 Å². The van der Waals surface area contributed by atoms with Crippen molar-refractivity contribution in [3.05, 3.63) is 18.2 Å². The van der Waals surface area contributed by atoms with Gasteiger partial charge in [-0.25, -0.2) is 0 Å². The maximum absolute atomic E-state index is 5.22. The number of rotatable bonds is 1.